The highest BCUT2D eigenvalue weighted by Crippen LogP contribution is 2.47. The van der Waals surface area contributed by atoms with Gasteiger partial charge >= 0.3 is 0 Å². The first-order valence-electron chi connectivity index (χ1n) is 9.94. The van der Waals surface area contributed by atoms with Crippen molar-refractivity contribution >= 4 is 11.7 Å². The van der Waals surface area contributed by atoms with Gasteiger partial charge in [0, 0.05) is 57.0 Å². The summed E-state index contributed by atoms with van der Waals surface area (Å²) in [5.41, 5.74) is 2.41. The first kappa shape index (κ1) is 18.9. The number of amides is 1. The Balaban J connectivity index is 1.55. The van der Waals surface area contributed by atoms with Gasteiger partial charge in [-0.25, -0.2) is 4.98 Å². The molecule has 148 valence electrons. The van der Waals surface area contributed by atoms with Crippen LogP contribution < -0.4 is 4.90 Å². The second-order valence-electron chi connectivity index (χ2n) is 8.10. The smallest absolute Gasteiger partial charge is 0.248 e. The van der Waals surface area contributed by atoms with Gasteiger partial charge in [-0.05, 0) is 25.3 Å². The molecule has 0 N–H and O–H groups in total. The third kappa shape index (κ3) is 3.61. The fourth-order valence-electron chi connectivity index (χ4n) is 4.85. The molecule has 2 atom stereocenters. The normalized spacial score (nSPS) is 23.9. The summed E-state index contributed by atoms with van der Waals surface area (Å²) in [4.78, 5) is 25.8. The number of benzene rings is 1. The molecule has 0 spiro atoms. The molecule has 0 bridgehead atoms. The van der Waals surface area contributed by atoms with Crippen LogP contribution in [0.15, 0.2) is 42.7 Å². The fourth-order valence-corrected chi connectivity index (χ4v) is 4.85. The van der Waals surface area contributed by atoms with Crippen LogP contribution in [0.2, 0.25) is 0 Å². The van der Waals surface area contributed by atoms with E-state index in [1.54, 1.807) is 19.5 Å². The molecule has 0 aliphatic carbocycles. The third-order valence-electron chi connectivity index (χ3n) is 6.29. The monoisotopic (exact) mass is 380 g/mol. The zero-order valence-corrected chi connectivity index (χ0v) is 16.7. The van der Waals surface area contributed by atoms with Gasteiger partial charge in [-0.3, -0.25) is 9.78 Å². The average Bonchev–Trinajstić information content (AvgIpc) is 3.22. The number of anilines is 1. The Morgan fingerprint density at radius 3 is 2.71 bits per heavy atom. The van der Waals surface area contributed by atoms with E-state index in [0.717, 1.165) is 50.5 Å². The summed E-state index contributed by atoms with van der Waals surface area (Å²) in [6.07, 6.45) is 5.60. The summed E-state index contributed by atoms with van der Waals surface area (Å²) in [5, 5.41) is 0. The SMILES string of the molecule is COCC(=O)N1CC2CN(c3nccnc3C)CC2(CCc2ccccc2)C1. The van der Waals surface area contributed by atoms with Crippen LogP contribution in [-0.4, -0.2) is 60.7 Å². The first-order chi connectivity index (χ1) is 13.6. The Hall–Kier alpha value is -2.47. The Kier molecular flexibility index (Phi) is 5.31. The molecule has 1 aromatic carbocycles. The second-order valence-corrected chi connectivity index (χ2v) is 8.10. The van der Waals surface area contributed by atoms with Crippen LogP contribution in [0.5, 0.6) is 0 Å². The lowest BCUT2D eigenvalue weighted by atomic mass is 9.76. The predicted molar refractivity (Wildman–Crippen MR) is 108 cm³/mol. The summed E-state index contributed by atoms with van der Waals surface area (Å²) in [6, 6.07) is 10.6. The van der Waals surface area contributed by atoms with Crippen LogP contribution in [0.1, 0.15) is 17.7 Å². The van der Waals surface area contributed by atoms with Crippen molar-refractivity contribution in [2.75, 3.05) is 44.8 Å². The largest absolute Gasteiger partial charge is 0.375 e. The van der Waals surface area contributed by atoms with E-state index < -0.39 is 0 Å². The molecule has 3 heterocycles. The van der Waals surface area contributed by atoms with Gasteiger partial charge in [0.2, 0.25) is 5.91 Å². The van der Waals surface area contributed by atoms with E-state index in [2.05, 4.69) is 45.2 Å². The molecule has 28 heavy (non-hydrogen) atoms. The summed E-state index contributed by atoms with van der Waals surface area (Å²) < 4.78 is 5.09. The number of rotatable bonds is 6. The summed E-state index contributed by atoms with van der Waals surface area (Å²) in [5.74, 6) is 1.52. The lowest BCUT2D eigenvalue weighted by Gasteiger charge is -2.30. The third-order valence-corrected chi connectivity index (χ3v) is 6.29. The molecule has 1 amide bonds. The van der Waals surface area contributed by atoms with E-state index in [4.69, 9.17) is 4.74 Å². The van der Waals surface area contributed by atoms with Gasteiger partial charge in [-0.1, -0.05) is 30.3 Å². The Morgan fingerprint density at radius 2 is 1.96 bits per heavy atom. The fraction of sp³-hybridized carbons (Fsp3) is 0.500. The van der Waals surface area contributed by atoms with Crippen LogP contribution in [0.4, 0.5) is 5.82 Å². The maximum atomic E-state index is 12.5. The molecule has 2 fully saturated rings. The molecule has 2 aliphatic heterocycles. The molecule has 2 unspecified atom stereocenters. The highest BCUT2D eigenvalue weighted by Gasteiger charge is 2.53. The van der Waals surface area contributed by atoms with Crippen LogP contribution in [0.3, 0.4) is 0 Å². The first-order valence-corrected chi connectivity index (χ1v) is 9.94. The number of ether oxygens (including phenoxy) is 1. The number of nitrogens with zero attached hydrogens (tertiary/aromatic N) is 4. The average molecular weight is 380 g/mol. The van der Waals surface area contributed by atoms with E-state index in [9.17, 15) is 4.79 Å². The number of hydrogen-bond acceptors (Lipinski definition) is 5. The van der Waals surface area contributed by atoms with Gasteiger partial charge < -0.3 is 14.5 Å². The van der Waals surface area contributed by atoms with Crippen molar-refractivity contribution in [2.24, 2.45) is 11.3 Å². The van der Waals surface area contributed by atoms with Crippen molar-refractivity contribution in [3.05, 3.63) is 54.0 Å². The number of aromatic nitrogens is 2. The molecular weight excluding hydrogens is 352 g/mol. The zero-order chi connectivity index (χ0) is 19.6. The van der Waals surface area contributed by atoms with Crippen molar-refractivity contribution in [1.82, 2.24) is 14.9 Å². The minimum Gasteiger partial charge on any atom is -0.375 e. The second kappa shape index (κ2) is 7.87. The molecule has 2 saturated heterocycles. The summed E-state index contributed by atoms with van der Waals surface area (Å²) in [7, 11) is 1.58. The summed E-state index contributed by atoms with van der Waals surface area (Å²) >= 11 is 0. The van der Waals surface area contributed by atoms with E-state index in [0.29, 0.717) is 5.92 Å². The maximum Gasteiger partial charge on any atom is 0.248 e. The predicted octanol–water partition coefficient (Wildman–Crippen LogP) is 2.33. The molecule has 4 rings (SSSR count). The number of carbonyl (C=O) groups is 1. The van der Waals surface area contributed by atoms with E-state index in [-0.39, 0.29) is 17.9 Å². The quantitative estimate of drug-likeness (QED) is 0.770. The highest BCUT2D eigenvalue weighted by atomic mass is 16.5. The number of methoxy groups -OCH3 is 1. The van der Waals surface area contributed by atoms with Crippen LogP contribution in [-0.2, 0) is 16.0 Å². The molecule has 2 aromatic rings. The molecular formula is C22H28N4O2. The van der Waals surface area contributed by atoms with Crippen LogP contribution in [0.25, 0.3) is 0 Å². The van der Waals surface area contributed by atoms with Gasteiger partial charge in [-0.2, -0.15) is 0 Å². The van der Waals surface area contributed by atoms with Crippen molar-refractivity contribution in [1.29, 1.82) is 0 Å². The minimum atomic E-state index is 0.0865. The highest BCUT2D eigenvalue weighted by molar-refractivity contribution is 5.78. The molecule has 1 aromatic heterocycles. The van der Waals surface area contributed by atoms with Gasteiger partial charge in [-0.15, -0.1) is 0 Å². The number of fused-ring (bicyclic) bond motifs is 1. The molecule has 6 nitrogen and oxygen atoms in total. The Morgan fingerprint density at radius 1 is 1.18 bits per heavy atom. The molecule has 6 heteroatoms. The van der Waals surface area contributed by atoms with Gasteiger partial charge in [0.25, 0.3) is 0 Å². The van der Waals surface area contributed by atoms with Crippen molar-refractivity contribution in [2.45, 2.75) is 19.8 Å². The molecule has 0 saturated carbocycles. The number of carbonyl (C=O) groups excluding carboxylic acids is 1. The van der Waals surface area contributed by atoms with Crippen molar-refractivity contribution in [3.8, 4) is 0 Å². The topological polar surface area (TPSA) is 58.6 Å². The van der Waals surface area contributed by atoms with E-state index in [1.807, 2.05) is 11.8 Å². The molecule has 0 radical (unpaired) electrons. The van der Waals surface area contributed by atoms with Crippen molar-refractivity contribution in [3.63, 3.8) is 0 Å². The van der Waals surface area contributed by atoms with E-state index in [1.165, 1.54) is 5.56 Å². The lowest BCUT2D eigenvalue weighted by Crippen LogP contribution is -2.38. The van der Waals surface area contributed by atoms with Gasteiger partial charge in [0.05, 0.1) is 5.69 Å². The van der Waals surface area contributed by atoms with Crippen LogP contribution in [0, 0.1) is 18.3 Å². The van der Waals surface area contributed by atoms with Crippen molar-refractivity contribution < 1.29 is 9.53 Å². The Bertz CT molecular complexity index is 828. The molecule has 2 aliphatic rings. The zero-order valence-electron chi connectivity index (χ0n) is 16.7. The van der Waals surface area contributed by atoms with E-state index >= 15 is 0 Å². The maximum absolute atomic E-state index is 12.5. The van der Waals surface area contributed by atoms with Crippen LogP contribution >= 0.6 is 0 Å². The number of aryl methyl sites for hydroxylation is 2. The van der Waals surface area contributed by atoms with Gasteiger partial charge in [0.15, 0.2) is 0 Å². The number of likely N-dealkylation sites (tertiary alicyclic amines) is 1. The standard InChI is InChI=1S/C22H28N4O2/c1-17-21(24-11-10-23-17)26-13-19-12-25(20(27)14-28-2)15-22(19,16-26)9-8-18-6-4-3-5-7-18/h3-7,10-11,19H,8-9,12-16H2,1-2H3. The van der Waals surface area contributed by atoms with Gasteiger partial charge in [0.1, 0.15) is 12.4 Å². The lowest BCUT2D eigenvalue weighted by molar-refractivity contribution is -0.134. The summed E-state index contributed by atoms with van der Waals surface area (Å²) in [6.45, 7) is 5.61. The Labute approximate surface area is 166 Å². The minimum absolute atomic E-state index is 0.0865. The number of hydrogen-bond donors (Lipinski definition) is 0.